The van der Waals surface area contributed by atoms with Crippen molar-refractivity contribution in [2.75, 3.05) is 19.6 Å². The summed E-state index contributed by atoms with van der Waals surface area (Å²) in [5.74, 6) is -0.822. The van der Waals surface area contributed by atoms with Crippen LogP contribution in [0.25, 0.3) is 0 Å². The average molecular weight is 220 g/mol. The van der Waals surface area contributed by atoms with Crippen LogP contribution in [0.2, 0.25) is 0 Å². The number of rotatable bonds is 4. The maximum absolute atomic E-state index is 11.2. The molecule has 0 rings (SSSR count). The highest BCUT2D eigenvalue weighted by molar-refractivity contribution is 8.21. The summed E-state index contributed by atoms with van der Waals surface area (Å²) in [5, 5.41) is 0. The monoisotopic (exact) mass is 220 g/mol. The fraction of sp³-hybridized carbons (Fsp3) is 0.500. The van der Waals surface area contributed by atoms with Crippen molar-refractivity contribution in [2.24, 2.45) is 0 Å². The number of carbonyl (C=O) groups is 2. The molecule has 0 bridgehead atoms. The summed E-state index contributed by atoms with van der Waals surface area (Å²) in [5.41, 5.74) is 0.141. The van der Waals surface area contributed by atoms with E-state index in [0.29, 0.717) is 4.24 Å². The number of carbonyl (C=O) groups excluding carboxylic acids is 2. The molecular formula is C8H12O3S2. The van der Waals surface area contributed by atoms with E-state index in [4.69, 9.17) is 0 Å². The summed E-state index contributed by atoms with van der Waals surface area (Å²) in [6.07, 6.45) is 3.63. The molecule has 3 nitrogen and oxygen atoms in total. The SMILES string of the molecule is COC(=O)C(C(C)=O)=C(SC)SC. The van der Waals surface area contributed by atoms with Crippen LogP contribution in [0.1, 0.15) is 6.92 Å². The first-order chi connectivity index (χ1) is 6.08. The number of hydrogen-bond donors (Lipinski definition) is 0. The molecule has 0 aliphatic carbocycles. The van der Waals surface area contributed by atoms with Gasteiger partial charge < -0.3 is 4.74 Å². The van der Waals surface area contributed by atoms with Gasteiger partial charge in [0.15, 0.2) is 5.78 Å². The quantitative estimate of drug-likeness (QED) is 0.312. The third kappa shape index (κ3) is 3.44. The van der Waals surface area contributed by atoms with Crippen molar-refractivity contribution in [3.8, 4) is 0 Å². The van der Waals surface area contributed by atoms with Crippen LogP contribution in [0.4, 0.5) is 0 Å². The molecule has 0 unspecified atom stereocenters. The third-order valence-electron chi connectivity index (χ3n) is 1.32. The van der Waals surface area contributed by atoms with Crippen LogP contribution in [0.15, 0.2) is 9.81 Å². The molecule has 0 aliphatic rings. The molecule has 0 saturated heterocycles. The molecule has 0 spiro atoms. The Morgan fingerprint density at radius 3 is 1.85 bits per heavy atom. The van der Waals surface area contributed by atoms with Gasteiger partial charge in [-0.1, -0.05) is 0 Å². The van der Waals surface area contributed by atoms with Gasteiger partial charge in [-0.2, -0.15) is 0 Å². The van der Waals surface area contributed by atoms with Gasteiger partial charge in [0.2, 0.25) is 0 Å². The zero-order chi connectivity index (χ0) is 10.4. The van der Waals surface area contributed by atoms with E-state index in [1.165, 1.54) is 37.6 Å². The molecule has 13 heavy (non-hydrogen) atoms. The predicted octanol–water partition coefficient (Wildman–Crippen LogP) is 1.69. The summed E-state index contributed by atoms with van der Waals surface area (Å²) in [6, 6.07) is 0. The summed E-state index contributed by atoms with van der Waals surface area (Å²) in [4.78, 5) is 22.3. The second-order valence-corrected chi connectivity index (χ2v) is 4.01. The van der Waals surface area contributed by atoms with Crippen molar-refractivity contribution in [3.63, 3.8) is 0 Å². The number of esters is 1. The number of hydrogen-bond acceptors (Lipinski definition) is 5. The second kappa shape index (κ2) is 6.10. The van der Waals surface area contributed by atoms with Gasteiger partial charge in [-0.05, 0) is 19.4 Å². The van der Waals surface area contributed by atoms with Crippen LogP contribution in [0.5, 0.6) is 0 Å². The first-order valence-electron chi connectivity index (χ1n) is 3.50. The first-order valence-corrected chi connectivity index (χ1v) is 5.94. The van der Waals surface area contributed by atoms with E-state index in [2.05, 4.69) is 4.74 Å². The van der Waals surface area contributed by atoms with Crippen molar-refractivity contribution >= 4 is 35.3 Å². The highest BCUT2D eigenvalue weighted by Gasteiger charge is 2.19. The number of methoxy groups -OCH3 is 1. The van der Waals surface area contributed by atoms with Gasteiger partial charge in [0.1, 0.15) is 5.57 Å². The maximum atomic E-state index is 11.2. The molecule has 0 N–H and O–H groups in total. The number of ether oxygens (including phenoxy) is 1. The minimum Gasteiger partial charge on any atom is -0.465 e. The Morgan fingerprint density at radius 1 is 1.15 bits per heavy atom. The van der Waals surface area contributed by atoms with E-state index >= 15 is 0 Å². The Hall–Kier alpha value is -0.420. The Kier molecular flexibility index (Phi) is 5.90. The van der Waals surface area contributed by atoms with Gasteiger partial charge in [-0.3, -0.25) is 4.79 Å². The van der Waals surface area contributed by atoms with Crippen molar-refractivity contribution < 1.29 is 14.3 Å². The zero-order valence-corrected chi connectivity index (χ0v) is 9.67. The molecule has 5 heteroatoms. The van der Waals surface area contributed by atoms with Crippen LogP contribution in [0.3, 0.4) is 0 Å². The van der Waals surface area contributed by atoms with Crippen molar-refractivity contribution in [1.82, 2.24) is 0 Å². The van der Waals surface area contributed by atoms with Gasteiger partial charge >= 0.3 is 5.97 Å². The van der Waals surface area contributed by atoms with Gasteiger partial charge in [0.05, 0.1) is 11.3 Å². The number of Topliss-reactive ketones (excluding diaryl/α,β-unsaturated/α-hetero) is 1. The molecule has 0 aromatic rings. The summed E-state index contributed by atoms with van der Waals surface area (Å²) in [6.45, 7) is 1.36. The van der Waals surface area contributed by atoms with Gasteiger partial charge in [0, 0.05) is 0 Å². The Morgan fingerprint density at radius 2 is 1.62 bits per heavy atom. The molecule has 0 aromatic heterocycles. The second-order valence-electron chi connectivity index (χ2n) is 2.12. The zero-order valence-electron chi connectivity index (χ0n) is 8.04. The van der Waals surface area contributed by atoms with Crippen LogP contribution in [-0.2, 0) is 14.3 Å². The molecule has 0 saturated carbocycles. The molecule has 0 aromatic carbocycles. The van der Waals surface area contributed by atoms with E-state index < -0.39 is 5.97 Å². The minimum absolute atomic E-state index is 0.141. The summed E-state index contributed by atoms with van der Waals surface area (Å²) >= 11 is 2.74. The van der Waals surface area contributed by atoms with Gasteiger partial charge in [0.25, 0.3) is 0 Å². The fourth-order valence-corrected chi connectivity index (χ4v) is 2.29. The smallest absolute Gasteiger partial charge is 0.343 e. The van der Waals surface area contributed by atoms with E-state index in [0.717, 1.165) is 0 Å². The van der Waals surface area contributed by atoms with E-state index in [-0.39, 0.29) is 11.4 Å². The Bertz CT molecular complexity index is 240. The molecule has 0 heterocycles. The largest absolute Gasteiger partial charge is 0.465 e. The van der Waals surface area contributed by atoms with E-state index in [9.17, 15) is 9.59 Å². The van der Waals surface area contributed by atoms with Crippen LogP contribution in [0, 0.1) is 0 Å². The number of ketones is 1. The van der Waals surface area contributed by atoms with Crippen molar-refractivity contribution in [3.05, 3.63) is 9.81 Å². The summed E-state index contributed by atoms with van der Waals surface area (Å²) < 4.78 is 5.21. The normalized spacial score (nSPS) is 9.23. The summed E-state index contributed by atoms with van der Waals surface area (Å²) in [7, 11) is 1.27. The molecule has 0 radical (unpaired) electrons. The lowest BCUT2D eigenvalue weighted by Crippen LogP contribution is -2.13. The van der Waals surface area contributed by atoms with Gasteiger partial charge in [-0.15, -0.1) is 23.5 Å². The highest BCUT2D eigenvalue weighted by Crippen LogP contribution is 2.28. The van der Waals surface area contributed by atoms with Crippen molar-refractivity contribution in [1.29, 1.82) is 0 Å². The first kappa shape index (κ1) is 12.6. The Labute approximate surface area is 86.3 Å². The van der Waals surface area contributed by atoms with Crippen molar-refractivity contribution in [2.45, 2.75) is 6.92 Å². The fourth-order valence-electron chi connectivity index (χ4n) is 0.760. The molecule has 74 valence electrons. The van der Waals surface area contributed by atoms with Gasteiger partial charge in [-0.25, -0.2) is 4.79 Å². The van der Waals surface area contributed by atoms with E-state index in [1.54, 1.807) is 0 Å². The Balaban J connectivity index is 5.08. The lowest BCUT2D eigenvalue weighted by molar-refractivity contribution is -0.137. The maximum Gasteiger partial charge on any atom is 0.343 e. The predicted molar refractivity (Wildman–Crippen MR) is 56.8 cm³/mol. The molecular weight excluding hydrogens is 208 g/mol. The van der Waals surface area contributed by atoms with Crippen LogP contribution >= 0.6 is 23.5 Å². The third-order valence-corrected chi connectivity index (χ3v) is 3.47. The lowest BCUT2D eigenvalue weighted by Gasteiger charge is -2.06. The standard InChI is InChI=1S/C8H12O3S2/c1-5(9)6(7(10)11-2)8(12-3)13-4/h1-4H3. The molecule has 0 amide bonds. The molecule has 0 aliphatic heterocycles. The molecule has 0 fully saturated rings. The minimum atomic E-state index is -0.564. The number of thioether (sulfide) groups is 2. The lowest BCUT2D eigenvalue weighted by atomic mass is 10.2. The van der Waals surface area contributed by atoms with Crippen LogP contribution in [-0.4, -0.2) is 31.4 Å². The molecule has 0 atom stereocenters. The van der Waals surface area contributed by atoms with Crippen LogP contribution < -0.4 is 0 Å². The van der Waals surface area contributed by atoms with E-state index in [1.807, 2.05) is 12.5 Å². The topological polar surface area (TPSA) is 43.4 Å². The average Bonchev–Trinajstić information content (AvgIpc) is 2.12. The highest BCUT2D eigenvalue weighted by atomic mass is 32.2.